The van der Waals surface area contributed by atoms with Crippen LogP contribution in [0.15, 0.2) is 17.4 Å². The summed E-state index contributed by atoms with van der Waals surface area (Å²) in [5.41, 5.74) is 0. The number of nitrogens with zero attached hydrogens (tertiary/aromatic N) is 5. The van der Waals surface area contributed by atoms with Crippen LogP contribution < -0.4 is 5.32 Å². The number of hydrogen-bond acceptors (Lipinski definition) is 3. The summed E-state index contributed by atoms with van der Waals surface area (Å²) in [6, 6.07) is 0. The Morgan fingerprint density at radius 2 is 2.08 bits per heavy atom. The van der Waals surface area contributed by atoms with Crippen LogP contribution in [0.5, 0.6) is 0 Å². The number of aromatic nitrogens is 2. The van der Waals surface area contributed by atoms with Gasteiger partial charge in [-0.2, -0.15) is 0 Å². The van der Waals surface area contributed by atoms with Crippen molar-refractivity contribution in [2.75, 3.05) is 39.8 Å². The molecular formula is C19H35IN6. The fourth-order valence-electron chi connectivity index (χ4n) is 4.06. The SMILES string of the molecule is CN=C(NCc1nccn1CC(C)C)N1CCC(CN2CCCC2)C1.I. The van der Waals surface area contributed by atoms with Crippen molar-refractivity contribution in [2.24, 2.45) is 16.8 Å². The second-order valence-electron chi connectivity index (χ2n) is 7.90. The van der Waals surface area contributed by atoms with Gasteiger partial charge >= 0.3 is 0 Å². The first-order valence-corrected chi connectivity index (χ1v) is 9.83. The van der Waals surface area contributed by atoms with Crippen molar-refractivity contribution in [3.8, 4) is 0 Å². The van der Waals surface area contributed by atoms with Crippen molar-refractivity contribution in [1.29, 1.82) is 0 Å². The van der Waals surface area contributed by atoms with E-state index in [1.54, 1.807) is 0 Å². The topological polar surface area (TPSA) is 48.7 Å². The van der Waals surface area contributed by atoms with E-state index < -0.39 is 0 Å². The smallest absolute Gasteiger partial charge is 0.194 e. The average Bonchev–Trinajstić information content (AvgIpc) is 3.31. The molecule has 148 valence electrons. The quantitative estimate of drug-likeness (QED) is 0.392. The molecule has 3 heterocycles. The maximum absolute atomic E-state index is 4.51. The molecule has 0 spiro atoms. The molecule has 2 aliphatic heterocycles. The fraction of sp³-hybridized carbons (Fsp3) is 0.789. The first-order chi connectivity index (χ1) is 12.2. The second-order valence-corrected chi connectivity index (χ2v) is 7.90. The molecule has 2 aliphatic rings. The summed E-state index contributed by atoms with van der Waals surface area (Å²) in [7, 11) is 1.89. The first kappa shape index (κ1) is 21.5. The van der Waals surface area contributed by atoms with E-state index in [9.17, 15) is 0 Å². The fourth-order valence-corrected chi connectivity index (χ4v) is 4.06. The third-order valence-electron chi connectivity index (χ3n) is 5.28. The summed E-state index contributed by atoms with van der Waals surface area (Å²) in [5, 5.41) is 3.52. The van der Waals surface area contributed by atoms with Gasteiger partial charge in [0.25, 0.3) is 0 Å². The summed E-state index contributed by atoms with van der Waals surface area (Å²) in [4.78, 5) is 14.1. The highest BCUT2D eigenvalue weighted by Gasteiger charge is 2.27. The van der Waals surface area contributed by atoms with Gasteiger partial charge < -0.3 is 19.7 Å². The zero-order chi connectivity index (χ0) is 17.6. The molecule has 1 unspecified atom stereocenters. The van der Waals surface area contributed by atoms with Gasteiger partial charge in [-0.25, -0.2) is 4.98 Å². The Kier molecular flexibility index (Phi) is 8.66. The molecule has 6 nitrogen and oxygen atoms in total. The maximum atomic E-state index is 4.51. The largest absolute Gasteiger partial charge is 0.349 e. The Morgan fingerprint density at radius 3 is 2.77 bits per heavy atom. The Morgan fingerprint density at radius 1 is 1.31 bits per heavy atom. The minimum atomic E-state index is 0. The van der Waals surface area contributed by atoms with Gasteiger partial charge in [0.1, 0.15) is 5.82 Å². The molecule has 0 bridgehead atoms. The Labute approximate surface area is 175 Å². The molecule has 0 radical (unpaired) electrons. The van der Waals surface area contributed by atoms with Gasteiger partial charge in [0.15, 0.2) is 5.96 Å². The van der Waals surface area contributed by atoms with Crippen molar-refractivity contribution < 1.29 is 0 Å². The predicted octanol–water partition coefficient (Wildman–Crippen LogP) is 2.65. The van der Waals surface area contributed by atoms with Gasteiger partial charge in [-0.05, 0) is 44.2 Å². The van der Waals surface area contributed by atoms with E-state index in [1.807, 2.05) is 13.2 Å². The number of halogens is 1. The van der Waals surface area contributed by atoms with Gasteiger partial charge in [0, 0.05) is 45.6 Å². The number of imidazole rings is 1. The average molecular weight is 474 g/mol. The van der Waals surface area contributed by atoms with Crippen LogP contribution in [0, 0.1) is 11.8 Å². The summed E-state index contributed by atoms with van der Waals surface area (Å²) >= 11 is 0. The number of rotatable bonds is 6. The number of hydrogen-bond donors (Lipinski definition) is 1. The lowest BCUT2D eigenvalue weighted by atomic mass is 10.1. The zero-order valence-electron chi connectivity index (χ0n) is 16.5. The van der Waals surface area contributed by atoms with Gasteiger partial charge in [0.05, 0.1) is 6.54 Å². The van der Waals surface area contributed by atoms with Crippen LogP contribution in [0.25, 0.3) is 0 Å². The third kappa shape index (κ3) is 5.84. The van der Waals surface area contributed by atoms with Crippen molar-refractivity contribution in [3.63, 3.8) is 0 Å². The van der Waals surface area contributed by atoms with Gasteiger partial charge in [-0.15, -0.1) is 24.0 Å². The molecule has 2 saturated heterocycles. The molecule has 0 aliphatic carbocycles. The number of aliphatic imine (C=N–C) groups is 1. The van der Waals surface area contributed by atoms with Crippen molar-refractivity contribution in [3.05, 3.63) is 18.2 Å². The van der Waals surface area contributed by atoms with Crippen LogP contribution in [0.2, 0.25) is 0 Å². The molecule has 1 atom stereocenters. The summed E-state index contributed by atoms with van der Waals surface area (Å²) in [5.74, 6) is 3.50. The summed E-state index contributed by atoms with van der Waals surface area (Å²) < 4.78 is 2.24. The van der Waals surface area contributed by atoms with Crippen LogP contribution in [0.4, 0.5) is 0 Å². The molecular weight excluding hydrogens is 439 g/mol. The molecule has 1 aromatic heterocycles. The molecule has 0 saturated carbocycles. The number of guanidine groups is 1. The van der Waals surface area contributed by atoms with Crippen molar-refractivity contribution in [2.45, 2.75) is 46.2 Å². The van der Waals surface area contributed by atoms with Crippen LogP contribution in [-0.4, -0.2) is 65.1 Å². The van der Waals surface area contributed by atoms with E-state index in [-0.39, 0.29) is 24.0 Å². The third-order valence-corrected chi connectivity index (χ3v) is 5.28. The van der Waals surface area contributed by atoms with Crippen LogP contribution in [0.3, 0.4) is 0 Å². The minimum absolute atomic E-state index is 0. The Balaban J connectivity index is 0.00000243. The molecule has 2 fully saturated rings. The highest BCUT2D eigenvalue weighted by atomic mass is 127. The maximum Gasteiger partial charge on any atom is 0.194 e. The van der Waals surface area contributed by atoms with Gasteiger partial charge in [-0.3, -0.25) is 4.99 Å². The van der Waals surface area contributed by atoms with Crippen molar-refractivity contribution in [1.82, 2.24) is 24.7 Å². The van der Waals surface area contributed by atoms with Gasteiger partial charge in [0.2, 0.25) is 0 Å². The number of nitrogens with one attached hydrogen (secondary N) is 1. The molecule has 0 amide bonds. The lowest BCUT2D eigenvalue weighted by Gasteiger charge is -2.23. The highest BCUT2D eigenvalue weighted by Crippen LogP contribution is 2.20. The Hall–Kier alpha value is -0.830. The zero-order valence-corrected chi connectivity index (χ0v) is 18.9. The van der Waals surface area contributed by atoms with E-state index in [0.717, 1.165) is 43.9 Å². The molecule has 26 heavy (non-hydrogen) atoms. The molecule has 3 rings (SSSR count). The highest BCUT2D eigenvalue weighted by molar-refractivity contribution is 14.0. The lowest BCUT2D eigenvalue weighted by Crippen LogP contribution is -2.40. The lowest BCUT2D eigenvalue weighted by molar-refractivity contribution is 0.281. The van der Waals surface area contributed by atoms with E-state index in [1.165, 1.54) is 38.9 Å². The van der Waals surface area contributed by atoms with Crippen LogP contribution >= 0.6 is 24.0 Å². The van der Waals surface area contributed by atoms with E-state index in [0.29, 0.717) is 5.92 Å². The summed E-state index contributed by atoms with van der Waals surface area (Å²) in [6.45, 7) is 12.3. The monoisotopic (exact) mass is 474 g/mol. The van der Waals surface area contributed by atoms with Crippen molar-refractivity contribution >= 4 is 29.9 Å². The Bertz CT molecular complexity index is 564. The first-order valence-electron chi connectivity index (χ1n) is 9.83. The molecule has 0 aromatic carbocycles. The van der Waals surface area contributed by atoms with Gasteiger partial charge in [-0.1, -0.05) is 13.8 Å². The minimum Gasteiger partial charge on any atom is -0.349 e. The summed E-state index contributed by atoms with van der Waals surface area (Å²) in [6.07, 6.45) is 8.00. The molecule has 1 aromatic rings. The van der Waals surface area contributed by atoms with E-state index in [4.69, 9.17) is 0 Å². The van der Waals surface area contributed by atoms with Crippen LogP contribution in [-0.2, 0) is 13.1 Å². The second kappa shape index (κ2) is 10.5. The van der Waals surface area contributed by atoms with E-state index >= 15 is 0 Å². The normalized spacial score (nSPS) is 21.5. The molecule has 1 N–H and O–H groups in total. The number of likely N-dealkylation sites (tertiary alicyclic amines) is 2. The standard InChI is InChI=1S/C19H34N6.HI/c1-16(2)13-24-11-7-21-18(24)12-22-19(20-3)25-10-6-17(15-25)14-23-8-4-5-9-23;/h7,11,16-17H,4-6,8-10,12-15H2,1-3H3,(H,20,22);1H. The molecule has 7 heteroatoms. The predicted molar refractivity (Wildman–Crippen MR) is 118 cm³/mol. The van der Waals surface area contributed by atoms with Crippen LogP contribution in [0.1, 0.15) is 38.9 Å². The van der Waals surface area contributed by atoms with E-state index in [2.05, 4.69) is 49.7 Å².